The van der Waals surface area contributed by atoms with Gasteiger partial charge in [0.05, 0.1) is 0 Å². The van der Waals surface area contributed by atoms with E-state index in [2.05, 4.69) is 13.8 Å². The third-order valence-corrected chi connectivity index (χ3v) is 4.90. The molecule has 0 aromatic carbocycles. The van der Waals surface area contributed by atoms with Gasteiger partial charge in [0.1, 0.15) is 0 Å². The first kappa shape index (κ1) is 14.5. The molecule has 0 aliphatic heterocycles. The van der Waals surface area contributed by atoms with Crippen molar-refractivity contribution in [1.82, 2.24) is 0 Å². The second kappa shape index (κ2) is 8.78. The molecule has 86 valence electrons. The van der Waals surface area contributed by atoms with Crippen molar-refractivity contribution in [2.45, 2.75) is 57.5 Å². The van der Waals surface area contributed by atoms with Gasteiger partial charge in [0, 0.05) is 21.8 Å². The van der Waals surface area contributed by atoms with Crippen LogP contribution in [-0.4, -0.2) is 26.2 Å². The van der Waals surface area contributed by atoms with Crippen molar-refractivity contribution in [3.8, 4) is 0 Å². The summed E-state index contributed by atoms with van der Waals surface area (Å²) in [4.78, 5) is 0. The quantitative estimate of drug-likeness (QED) is 0.600. The highest BCUT2D eigenvalue weighted by Gasteiger charge is 2.03. The van der Waals surface area contributed by atoms with E-state index in [0.29, 0.717) is 5.25 Å². The largest absolute Gasteiger partial charge is 0.259 e. The first-order valence-corrected chi connectivity index (χ1v) is 7.96. The summed E-state index contributed by atoms with van der Waals surface area (Å²) in [6.07, 6.45) is 3.64. The van der Waals surface area contributed by atoms with Crippen LogP contribution in [0.25, 0.3) is 0 Å². The van der Waals surface area contributed by atoms with Crippen molar-refractivity contribution in [2.75, 3.05) is 11.5 Å². The lowest BCUT2D eigenvalue weighted by Gasteiger charge is -2.06. The van der Waals surface area contributed by atoms with E-state index in [1.54, 1.807) is 0 Å². The molecule has 0 saturated heterocycles. The normalized spacial score (nSPS) is 13.9. The zero-order valence-corrected chi connectivity index (χ0v) is 11.5. The van der Waals surface area contributed by atoms with Crippen LogP contribution >= 0.6 is 11.8 Å². The minimum atomic E-state index is -0.593. The summed E-state index contributed by atoms with van der Waals surface area (Å²) >= 11 is 2.02. The average Bonchev–Trinajstić information content (AvgIpc) is 2.09. The maximum absolute atomic E-state index is 11.4. The highest BCUT2D eigenvalue weighted by Crippen LogP contribution is 2.12. The molecule has 0 heterocycles. The molecule has 0 N–H and O–H groups in total. The first-order valence-electron chi connectivity index (χ1n) is 5.52. The summed E-state index contributed by atoms with van der Waals surface area (Å²) in [6.45, 7) is 8.53. The van der Waals surface area contributed by atoms with Gasteiger partial charge in [-0.15, -0.1) is 0 Å². The Bertz CT molecular complexity index is 155. The molecule has 0 aromatic rings. The van der Waals surface area contributed by atoms with E-state index in [1.807, 2.05) is 25.6 Å². The van der Waals surface area contributed by atoms with Crippen LogP contribution in [0, 0.1) is 0 Å². The predicted octanol–water partition coefficient (Wildman–Crippen LogP) is 3.46. The molecule has 0 fully saturated rings. The summed E-state index contributed by atoms with van der Waals surface area (Å²) < 4.78 is 11.4. The number of unbranched alkanes of at least 4 members (excludes halogenated alkanes) is 2. The van der Waals surface area contributed by atoms with E-state index in [0.717, 1.165) is 17.4 Å². The van der Waals surface area contributed by atoms with Gasteiger partial charge in [0.25, 0.3) is 0 Å². The van der Waals surface area contributed by atoms with Gasteiger partial charge in [-0.2, -0.15) is 11.8 Å². The Kier molecular flexibility index (Phi) is 9.09. The van der Waals surface area contributed by atoms with Gasteiger partial charge in [-0.1, -0.05) is 34.1 Å². The van der Waals surface area contributed by atoms with Gasteiger partial charge in [0.15, 0.2) is 0 Å². The van der Waals surface area contributed by atoms with Gasteiger partial charge in [0.2, 0.25) is 0 Å². The molecule has 0 aromatic heterocycles. The number of hydrogen-bond donors (Lipinski definition) is 0. The van der Waals surface area contributed by atoms with Crippen LogP contribution in [0.1, 0.15) is 47.0 Å². The fraction of sp³-hybridized carbons (Fsp3) is 1.00. The third-order valence-electron chi connectivity index (χ3n) is 1.97. The zero-order chi connectivity index (χ0) is 11.0. The van der Waals surface area contributed by atoms with Crippen LogP contribution in [0.15, 0.2) is 0 Å². The van der Waals surface area contributed by atoms with Crippen LogP contribution < -0.4 is 0 Å². The van der Waals surface area contributed by atoms with Crippen LogP contribution in [0.4, 0.5) is 0 Å². The van der Waals surface area contributed by atoms with Crippen LogP contribution in [-0.2, 0) is 10.8 Å². The van der Waals surface area contributed by atoms with Crippen molar-refractivity contribution in [3.05, 3.63) is 0 Å². The molecule has 3 heteroatoms. The van der Waals surface area contributed by atoms with Crippen LogP contribution in [0.3, 0.4) is 0 Å². The van der Waals surface area contributed by atoms with E-state index in [9.17, 15) is 4.21 Å². The molecule has 0 radical (unpaired) electrons. The molecule has 0 saturated carbocycles. The second-order valence-corrected chi connectivity index (χ2v) is 7.91. The molecule has 0 aliphatic rings. The van der Waals surface area contributed by atoms with Gasteiger partial charge in [-0.25, -0.2) is 0 Å². The molecule has 1 atom stereocenters. The lowest BCUT2D eigenvalue weighted by Crippen LogP contribution is -2.09. The smallest absolute Gasteiger partial charge is 0.0291 e. The Balaban J connectivity index is 3.18. The molecule has 0 aliphatic carbocycles. The molecule has 0 spiro atoms. The summed E-state index contributed by atoms with van der Waals surface area (Å²) in [6, 6.07) is 0. The van der Waals surface area contributed by atoms with E-state index in [-0.39, 0.29) is 0 Å². The van der Waals surface area contributed by atoms with E-state index in [1.165, 1.54) is 18.6 Å². The lowest BCUT2D eigenvalue weighted by molar-refractivity contribution is 0.670. The molecule has 14 heavy (non-hydrogen) atoms. The van der Waals surface area contributed by atoms with Crippen molar-refractivity contribution >= 4 is 22.6 Å². The fourth-order valence-corrected chi connectivity index (χ4v) is 2.88. The zero-order valence-electron chi connectivity index (χ0n) is 9.91. The van der Waals surface area contributed by atoms with Gasteiger partial charge in [-0.3, -0.25) is 4.21 Å². The third kappa shape index (κ3) is 9.07. The topological polar surface area (TPSA) is 17.1 Å². The number of thioether (sulfide) groups is 1. The summed E-state index contributed by atoms with van der Waals surface area (Å²) in [5, 5.41) is 1.08. The van der Waals surface area contributed by atoms with E-state index in [4.69, 9.17) is 0 Å². The van der Waals surface area contributed by atoms with Gasteiger partial charge in [-0.05, 0) is 23.8 Å². The van der Waals surface area contributed by atoms with Crippen molar-refractivity contribution in [3.63, 3.8) is 0 Å². The minimum Gasteiger partial charge on any atom is -0.259 e. The van der Waals surface area contributed by atoms with E-state index >= 15 is 0 Å². The maximum Gasteiger partial charge on any atom is 0.0291 e. The van der Waals surface area contributed by atoms with Crippen LogP contribution in [0.2, 0.25) is 0 Å². The average molecular weight is 236 g/mol. The van der Waals surface area contributed by atoms with E-state index < -0.39 is 10.8 Å². The highest BCUT2D eigenvalue weighted by molar-refractivity contribution is 7.99. The molecular weight excluding hydrogens is 212 g/mol. The standard InChI is InChI=1S/C11H24OS2/c1-10(2)13-8-6-5-7-9-14(12)11(3)4/h10-11H,5-9H2,1-4H3. The second-order valence-electron chi connectivity index (χ2n) is 4.11. The Hall–Kier alpha value is 0.500. The summed E-state index contributed by atoms with van der Waals surface area (Å²) in [7, 11) is -0.593. The monoisotopic (exact) mass is 236 g/mol. The lowest BCUT2D eigenvalue weighted by atomic mass is 10.3. The first-order chi connectivity index (χ1) is 6.54. The van der Waals surface area contributed by atoms with Gasteiger partial charge < -0.3 is 0 Å². The predicted molar refractivity (Wildman–Crippen MR) is 69.6 cm³/mol. The summed E-state index contributed by atoms with van der Waals surface area (Å²) in [5.41, 5.74) is 0. The Morgan fingerprint density at radius 2 is 1.71 bits per heavy atom. The molecule has 0 rings (SSSR count). The van der Waals surface area contributed by atoms with Crippen molar-refractivity contribution in [2.24, 2.45) is 0 Å². The SMILES string of the molecule is CC(C)SCCCCCS(=O)C(C)C. The van der Waals surface area contributed by atoms with Crippen molar-refractivity contribution < 1.29 is 4.21 Å². The van der Waals surface area contributed by atoms with Crippen molar-refractivity contribution in [1.29, 1.82) is 0 Å². The maximum atomic E-state index is 11.4. The molecule has 0 amide bonds. The molecular formula is C11H24OS2. The number of hydrogen-bond acceptors (Lipinski definition) is 2. The van der Waals surface area contributed by atoms with Crippen LogP contribution in [0.5, 0.6) is 0 Å². The molecule has 1 unspecified atom stereocenters. The Morgan fingerprint density at radius 1 is 1.07 bits per heavy atom. The Labute approximate surface area is 95.9 Å². The highest BCUT2D eigenvalue weighted by atomic mass is 32.2. The Morgan fingerprint density at radius 3 is 2.21 bits per heavy atom. The molecule has 0 bridgehead atoms. The minimum absolute atomic E-state index is 0.333. The number of rotatable bonds is 8. The fourth-order valence-electron chi connectivity index (χ4n) is 1.08. The molecule has 1 nitrogen and oxygen atoms in total. The summed E-state index contributed by atoms with van der Waals surface area (Å²) in [5.74, 6) is 2.15. The van der Waals surface area contributed by atoms with Gasteiger partial charge >= 0.3 is 0 Å².